The zero-order valence-corrected chi connectivity index (χ0v) is 10.6. The molecule has 16 heavy (non-hydrogen) atoms. The van der Waals surface area contributed by atoms with E-state index in [0.717, 1.165) is 16.8 Å². The predicted octanol–water partition coefficient (Wildman–Crippen LogP) is 3.21. The zero-order valence-electron chi connectivity index (χ0n) is 9.74. The van der Waals surface area contributed by atoms with E-state index < -0.39 is 0 Å². The molecule has 0 unspecified atom stereocenters. The quantitative estimate of drug-likeness (QED) is 0.768. The molecule has 0 saturated carbocycles. The highest BCUT2D eigenvalue weighted by molar-refractivity contribution is 7.17. The third-order valence-electron chi connectivity index (χ3n) is 2.62. The van der Waals surface area contributed by atoms with Crippen LogP contribution < -0.4 is 0 Å². The Morgan fingerprint density at radius 3 is 2.88 bits per heavy atom. The number of carbonyl (C=O) groups excluding carboxylic acids is 1. The summed E-state index contributed by atoms with van der Waals surface area (Å²) < 4.78 is 7.07. The molecule has 0 aliphatic heterocycles. The number of hydrogen-bond donors (Lipinski definition) is 0. The van der Waals surface area contributed by atoms with Crippen LogP contribution in [0.15, 0.2) is 11.4 Å². The Bertz CT molecular complexity index is 524. The van der Waals surface area contributed by atoms with Gasteiger partial charge >= 0.3 is 5.97 Å². The van der Waals surface area contributed by atoms with Crippen LogP contribution in [0, 0.1) is 6.92 Å². The fraction of sp³-hybridized carbons (Fsp3) is 0.417. The molecule has 0 fully saturated rings. The Kier molecular flexibility index (Phi) is 3.01. The van der Waals surface area contributed by atoms with Gasteiger partial charge in [0.25, 0.3) is 0 Å². The topological polar surface area (TPSA) is 31.2 Å². The monoisotopic (exact) mass is 237 g/mol. The summed E-state index contributed by atoms with van der Waals surface area (Å²) in [6.45, 7) is 7.13. The van der Waals surface area contributed by atoms with Crippen molar-refractivity contribution in [2.75, 3.05) is 6.61 Å². The number of aryl methyl sites for hydroxylation is 2. The SMILES string of the molecule is CCOC(=O)c1cc2c(C)csc2n1CC. The maximum absolute atomic E-state index is 11.8. The number of nitrogens with zero attached hydrogens (tertiary/aromatic N) is 1. The van der Waals surface area contributed by atoms with Crippen LogP contribution in [0.1, 0.15) is 29.9 Å². The highest BCUT2D eigenvalue weighted by Gasteiger charge is 2.17. The van der Waals surface area contributed by atoms with E-state index >= 15 is 0 Å². The minimum atomic E-state index is -0.229. The van der Waals surface area contributed by atoms with Crippen molar-refractivity contribution in [2.24, 2.45) is 0 Å². The van der Waals surface area contributed by atoms with Crippen LogP contribution >= 0.6 is 11.3 Å². The number of ether oxygens (including phenoxy) is 1. The summed E-state index contributed by atoms with van der Waals surface area (Å²) in [7, 11) is 0. The van der Waals surface area contributed by atoms with Crippen molar-refractivity contribution < 1.29 is 9.53 Å². The third kappa shape index (κ3) is 1.63. The summed E-state index contributed by atoms with van der Waals surface area (Å²) in [5.74, 6) is -0.229. The van der Waals surface area contributed by atoms with Gasteiger partial charge in [-0.2, -0.15) is 0 Å². The molecule has 2 aromatic heterocycles. The van der Waals surface area contributed by atoms with Crippen LogP contribution in [-0.4, -0.2) is 17.1 Å². The van der Waals surface area contributed by atoms with E-state index in [2.05, 4.69) is 12.3 Å². The average molecular weight is 237 g/mol. The number of aromatic nitrogens is 1. The van der Waals surface area contributed by atoms with Gasteiger partial charge in [0.2, 0.25) is 0 Å². The molecule has 86 valence electrons. The van der Waals surface area contributed by atoms with Crippen LogP contribution in [0.2, 0.25) is 0 Å². The lowest BCUT2D eigenvalue weighted by molar-refractivity contribution is 0.0514. The van der Waals surface area contributed by atoms with Crippen molar-refractivity contribution in [3.8, 4) is 0 Å². The van der Waals surface area contributed by atoms with E-state index in [-0.39, 0.29) is 5.97 Å². The Morgan fingerprint density at radius 1 is 1.50 bits per heavy atom. The van der Waals surface area contributed by atoms with Gasteiger partial charge in [0, 0.05) is 11.9 Å². The summed E-state index contributed by atoms with van der Waals surface area (Å²) in [6, 6.07) is 1.93. The summed E-state index contributed by atoms with van der Waals surface area (Å²) >= 11 is 1.68. The molecular formula is C12H15NO2S. The smallest absolute Gasteiger partial charge is 0.354 e. The van der Waals surface area contributed by atoms with E-state index in [1.165, 1.54) is 5.56 Å². The van der Waals surface area contributed by atoms with Crippen LogP contribution in [0.3, 0.4) is 0 Å². The molecule has 0 atom stereocenters. The van der Waals surface area contributed by atoms with Gasteiger partial charge in [0.05, 0.1) is 6.61 Å². The molecule has 3 nitrogen and oxygen atoms in total. The second-order valence-corrected chi connectivity index (χ2v) is 4.49. The normalized spacial score (nSPS) is 10.9. The molecule has 0 aliphatic carbocycles. The minimum Gasteiger partial charge on any atom is -0.461 e. The van der Waals surface area contributed by atoms with Gasteiger partial charge in [-0.3, -0.25) is 0 Å². The molecule has 0 saturated heterocycles. The standard InChI is InChI=1S/C12H15NO2S/c1-4-13-10(12(14)15-5-2)6-9-8(3)7-16-11(9)13/h6-7H,4-5H2,1-3H3. The first-order valence-electron chi connectivity index (χ1n) is 5.43. The first kappa shape index (κ1) is 11.2. The van der Waals surface area contributed by atoms with Crippen molar-refractivity contribution in [1.82, 2.24) is 4.57 Å². The first-order chi connectivity index (χ1) is 7.69. The fourth-order valence-corrected chi connectivity index (χ4v) is 2.95. The van der Waals surface area contributed by atoms with Gasteiger partial charge in [-0.15, -0.1) is 11.3 Å². The average Bonchev–Trinajstić information content (AvgIpc) is 2.79. The minimum absolute atomic E-state index is 0.229. The Balaban J connectivity index is 2.56. The van der Waals surface area contributed by atoms with E-state index in [4.69, 9.17) is 4.74 Å². The molecule has 2 rings (SSSR count). The molecule has 2 aromatic rings. The molecule has 0 N–H and O–H groups in total. The van der Waals surface area contributed by atoms with E-state index in [9.17, 15) is 4.79 Å². The summed E-state index contributed by atoms with van der Waals surface area (Å²) in [4.78, 5) is 12.9. The van der Waals surface area contributed by atoms with Gasteiger partial charge in [-0.1, -0.05) is 0 Å². The summed E-state index contributed by atoms with van der Waals surface area (Å²) in [5, 5.41) is 3.28. The van der Waals surface area contributed by atoms with Gasteiger partial charge in [-0.05, 0) is 37.8 Å². The molecule has 0 amide bonds. The first-order valence-corrected chi connectivity index (χ1v) is 6.31. The molecule has 0 spiro atoms. The lowest BCUT2D eigenvalue weighted by Gasteiger charge is -2.05. The van der Waals surface area contributed by atoms with Crippen LogP contribution in [0.5, 0.6) is 0 Å². The number of esters is 1. The summed E-state index contributed by atoms with van der Waals surface area (Å²) in [5.41, 5.74) is 1.88. The van der Waals surface area contributed by atoms with E-state index in [1.807, 2.05) is 24.5 Å². The number of rotatable bonds is 3. The third-order valence-corrected chi connectivity index (χ3v) is 3.76. The number of fused-ring (bicyclic) bond motifs is 1. The van der Waals surface area contributed by atoms with Gasteiger partial charge in [0.1, 0.15) is 10.5 Å². The Hall–Kier alpha value is -1.29. The van der Waals surface area contributed by atoms with Crippen molar-refractivity contribution in [3.05, 3.63) is 22.7 Å². The predicted molar refractivity (Wildman–Crippen MR) is 66.2 cm³/mol. The Morgan fingerprint density at radius 2 is 2.25 bits per heavy atom. The number of thiophene rings is 1. The molecule has 0 radical (unpaired) electrons. The fourth-order valence-electron chi connectivity index (χ4n) is 1.84. The van der Waals surface area contributed by atoms with Crippen molar-refractivity contribution in [2.45, 2.75) is 27.3 Å². The van der Waals surface area contributed by atoms with Crippen LogP contribution in [0.4, 0.5) is 0 Å². The molecule has 2 heterocycles. The van der Waals surface area contributed by atoms with Crippen LogP contribution in [-0.2, 0) is 11.3 Å². The lowest BCUT2D eigenvalue weighted by Crippen LogP contribution is -2.10. The van der Waals surface area contributed by atoms with Crippen LogP contribution in [0.25, 0.3) is 10.2 Å². The molecule has 4 heteroatoms. The highest BCUT2D eigenvalue weighted by Crippen LogP contribution is 2.29. The molecule has 0 aliphatic rings. The Labute approximate surface area is 98.6 Å². The highest BCUT2D eigenvalue weighted by atomic mass is 32.1. The van der Waals surface area contributed by atoms with Gasteiger partial charge in [0.15, 0.2) is 0 Å². The second-order valence-electron chi connectivity index (χ2n) is 3.63. The largest absolute Gasteiger partial charge is 0.461 e. The number of hydrogen-bond acceptors (Lipinski definition) is 3. The molecule has 0 bridgehead atoms. The van der Waals surface area contributed by atoms with Crippen molar-refractivity contribution >= 4 is 27.5 Å². The van der Waals surface area contributed by atoms with Crippen molar-refractivity contribution in [1.29, 1.82) is 0 Å². The molecule has 0 aromatic carbocycles. The van der Waals surface area contributed by atoms with Crippen molar-refractivity contribution in [3.63, 3.8) is 0 Å². The maximum Gasteiger partial charge on any atom is 0.354 e. The lowest BCUT2D eigenvalue weighted by atomic mass is 10.2. The second kappa shape index (κ2) is 4.29. The molecular weight excluding hydrogens is 222 g/mol. The summed E-state index contributed by atoms with van der Waals surface area (Å²) in [6.07, 6.45) is 0. The maximum atomic E-state index is 11.8. The zero-order chi connectivity index (χ0) is 11.7. The number of carbonyl (C=O) groups is 1. The van der Waals surface area contributed by atoms with E-state index in [1.54, 1.807) is 11.3 Å². The van der Waals surface area contributed by atoms with E-state index in [0.29, 0.717) is 12.3 Å². The van der Waals surface area contributed by atoms with Gasteiger partial charge < -0.3 is 9.30 Å². The van der Waals surface area contributed by atoms with Gasteiger partial charge in [-0.25, -0.2) is 4.79 Å².